The first-order valence-electron chi connectivity index (χ1n) is 6.64. The summed E-state index contributed by atoms with van der Waals surface area (Å²) in [6.07, 6.45) is 0.127. The maximum Gasteiger partial charge on any atom is 0.255 e. The predicted molar refractivity (Wildman–Crippen MR) is 82.2 cm³/mol. The van der Waals surface area contributed by atoms with Crippen molar-refractivity contribution in [3.63, 3.8) is 0 Å². The highest BCUT2D eigenvalue weighted by Crippen LogP contribution is 2.24. The van der Waals surface area contributed by atoms with Crippen LogP contribution in [0.25, 0.3) is 0 Å². The van der Waals surface area contributed by atoms with Gasteiger partial charge < -0.3 is 20.2 Å². The molecule has 1 aliphatic heterocycles. The standard InChI is InChI=1S/C14H18BrN3O3/c1-21-10-2-3-12(15)11(8-10)14(20)18-6-4-17(5-7-18)13(16)9-19/h2-3,8-9,13H,4-7,16H2,1H3. The van der Waals surface area contributed by atoms with E-state index in [4.69, 9.17) is 10.5 Å². The minimum atomic E-state index is -0.592. The van der Waals surface area contributed by atoms with Gasteiger partial charge in [0.2, 0.25) is 0 Å². The van der Waals surface area contributed by atoms with E-state index in [1.807, 2.05) is 4.90 Å². The number of hydrogen-bond donors (Lipinski definition) is 1. The fraction of sp³-hybridized carbons (Fsp3) is 0.429. The summed E-state index contributed by atoms with van der Waals surface area (Å²) < 4.78 is 5.89. The number of halogens is 1. The molecule has 1 aromatic carbocycles. The zero-order valence-electron chi connectivity index (χ0n) is 11.8. The summed E-state index contributed by atoms with van der Waals surface area (Å²) in [5, 5.41) is 0. The zero-order valence-corrected chi connectivity index (χ0v) is 13.4. The number of rotatable bonds is 4. The van der Waals surface area contributed by atoms with Gasteiger partial charge in [0.1, 0.15) is 11.9 Å². The van der Waals surface area contributed by atoms with E-state index in [9.17, 15) is 9.59 Å². The Labute approximate surface area is 132 Å². The summed E-state index contributed by atoms with van der Waals surface area (Å²) >= 11 is 3.39. The fourth-order valence-electron chi connectivity index (χ4n) is 2.27. The van der Waals surface area contributed by atoms with E-state index in [0.717, 1.165) is 10.8 Å². The van der Waals surface area contributed by atoms with Crippen LogP contribution in [0.5, 0.6) is 5.75 Å². The lowest BCUT2D eigenvalue weighted by atomic mass is 10.1. The molecule has 2 N–H and O–H groups in total. The van der Waals surface area contributed by atoms with Crippen molar-refractivity contribution in [2.45, 2.75) is 6.17 Å². The predicted octanol–water partition coefficient (Wildman–Crippen LogP) is 0.699. The monoisotopic (exact) mass is 355 g/mol. The van der Waals surface area contributed by atoms with Gasteiger partial charge in [0.25, 0.3) is 5.91 Å². The number of carbonyl (C=O) groups is 2. The molecule has 6 nitrogen and oxygen atoms in total. The minimum absolute atomic E-state index is 0.0555. The number of benzene rings is 1. The zero-order chi connectivity index (χ0) is 15.4. The van der Waals surface area contributed by atoms with Crippen LogP contribution in [0.2, 0.25) is 0 Å². The molecule has 1 saturated heterocycles. The van der Waals surface area contributed by atoms with Gasteiger partial charge in [-0.2, -0.15) is 0 Å². The Hall–Kier alpha value is -1.44. The van der Waals surface area contributed by atoms with Gasteiger partial charge >= 0.3 is 0 Å². The summed E-state index contributed by atoms with van der Waals surface area (Å²) in [5.74, 6) is 0.586. The molecule has 1 amide bonds. The van der Waals surface area contributed by atoms with Gasteiger partial charge in [0.05, 0.1) is 12.7 Å². The average Bonchev–Trinajstić information content (AvgIpc) is 2.54. The van der Waals surface area contributed by atoms with E-state index in [2.05, 4.69) is 15.9 Å². The summed E-state index contributed by atoms with van der Waals surface area (Å²) in [6.45, 7) is 2.27. The normalized spacial score (nSPS) is 17.4. The molecule has 1 unspecified atom stereocenters. The van der Waals surface area contributed by atoms with Gasteiger partial charge in [-0.15, -0.1) is 0 Å². The van der Waals surface area contributed by atoms with Crippen molar-refractivity contribution in [2.75, 3.05) is 33.3 Å². The van der Waals surface area contributed by atoms with E-state index >= 15 is 0 Å². The molecule has 1 aliphatic rings. The Morgan fingerprint density at radius 1 is 1.38 bits per heavy atom. The number of ether oxygens (including phenoxy) is 1. The smallest absolute Gasteiger partial charge is 0.255 e. The van der Waals surface area contributed by atoms with Gasteiger partial charge in [-0.05, 0) is 34.1 Å². The van der Waals surface area contributed by atoms with Crippen LogP contribution in [0, 0.1) is 0 Å². The lowest BCUT2D eigenvalue weighted by molar-refractivity contribution is -0.112. The van der Waals surface area contributed by atoms with Gasteiger partial charge in [-0.1, -0.05) is 0 Å². The highest BCUT2D eigenvalue weighted by atomic mass is 79.9. The van der Waals surface area contributed by atoms with Crippen molar-refractivity contribution in [2.24, 2.45) is 5.73 Å². The molecule has 7 heteroatoms. The van der Waals surface area contributed by atoms with Crippen LogP contribution in [-0.2, 0) is 4.79 Å². The van der Waals surface area contributed by atoms with Gasteiger partial charge in [-0.25, -0.2) is 0 Å². The quantitative estimate of drug-likeness (QED) is 0.804. The molecule has 21 heavy (non-hydrogen) atoms. The molecule has 1 heterocycles. The second-order valence-corrected chi connectivity index (χ2v) is 5.65. The molecule has 0 aliphatic carbocycles. The van der Waals surface area contributed by atoms with Crippen LogP contribution in [0.15, 0.2) is 22.7 Å². The Balaban J connectivity index is 2.07. The fourth-order valence-corrected chi connectivity index (χ4v) is 2.69. The van der Waals surface area contributed by atoms with E-state index < -0.39 is 6.17 Å². The lowest BCUT2D eigenvalue weighted by Crippen LogP contribution is -2.55. The number of amides is 1. The first-order valence-corrected chi connectivity index (χ1v) is 7.44. The SMILES string of the molecule is COc1ccc(Br)c(C(=O)N2CCN(C(N)C=O)CC2)c1. The second-order valence-electron chi connectivity index (χ2n) is 4.80. The molecule has 114 valence electrons. The van der Waals surface area contributed by atoms with Crippen LogP contribution in [0.4, 0.5) is 0 Å². The van der Waals surface area contributed by atoms with E-state index in [0.29, 0.717) is 37.5 Å². The largest absolute Gasteiger partial charge is 0.497 e. The first kappa shape index (κ1) is 15.9. The van der Waals surface area contributed by atoms with Crippen LogP contribution >= 0.6 is 15.9 Å². The maximum atomic E-state index is 12.6. The molecule has 1 aromatic rings. The number of carbonyl (C=O) groups excluding carboxylic acids is 2. The third kappa shape index (κ3) is 3.61. The number of methoxy groups -OCH3 is 1. The van der Waals surface area contributed by atoms with Gasteiger partial charge in [0, 0.05) is 30.7 Å². The maximum absolute atomic E-state index is 12.6. The van der Waals surface area contributed by atoms with Crippen LogP contribution in [-0.4, -0.2) is 61.4 Å². The molecular weight excluding hydrogens is 338 g/mol. The van der Waals surface area contributed by atoms with Crippen molar-refractivity contribution >= 4 is 28.1 Å². The van der Waals surface area contributed by atoms with Gasteiger partial charge in [-0.3, -0.25) is 9.69 Å². The summed E-state index contributed by atoms with van der Waals surface area (Å²) in [6, 6.07) is 5.31. The molecule has 1 atom stereocenters. The molecular formula is C14H18BrN3O3. The van der Waals surface area contributed by atoms with Crippen LogP contribution < -0.4 is 10.5 Å². The van der Waals surface area contributed by atoms with E-state index in [-0.39, 0.29) is 5.91 Å². The number of piperazine rings is 1. The number of hydrogen-bond acceptors (Lipinski definition) is 5. The van der Waals surface area contributed by atoms with Crippen molar-refractivity contribution in [1.82, 2.24) is 9.80 Å². The van der Waals surface area contributed by atoms with Crippen molar-refractivity contribution in [3.05, 3.63) is 28.2 Å². The molecule has 1 fully saturated rings. The molecule has 0 bridgehead atoms. The topological polar surface area (TPSA) is 75.9 Å². The number of nitrogens with two attached hydrogens (primary N) is 1. The molecule has 0 spiro atoms. The number of nitrogens with zero attached hydrogens (tertiary/aromatic N) is 2. The van der Waals surface area contributed by atoms with Crippen molar-refractivity contribution in [3.8, 4) is 5.75 Å². The number of aldehydes is 1. The Bertz CT molecular complexity index is 530. The molecule has 0 saturated carbocycles. The second kappa shape index (κ2) is 7.02. The van der Waals surface area contributed by atoms with E-state index in [1.54, 1.807) is 30.2 Å². The average molecular weight is 356 g/mol. The Kier molecular flexibility index (Phi) is 5.33. The van der Waals surface area contributed by atoms with Crippen LogP contribution in [0.1, 0.15) is 10.4 Å². The van der Waals surface area contributed by atoms with Crippen molar-refractivity contribution < 1.29 is 14.3 Å². The minimum Gasteiger partial charge on any atom is -0.497 e. The first-order chi connectivity index (χ1) is 10.1. The highest BCUT2D eigenvalue weighted by Gasteiger charge is 2.25. The third-order valence-electron chi connectivity index (χ3n) is 3.57. The summed E-state index contributed by atoms with van der Waals surface area (Å²) in [4.78, 5) is 26.9. The lowest BCUT2D eigenvalue weighted by Gasteiger charge is -2.36. The third-order valence-corrected chi connectivity index (χ3v) is 4.26. The van der Waals surface area contributed by atoms with Gasteiger partial charge in [0.15, 0.2) is 6.29 Å². The Morgan fingerprint density at radius 3 is 2.62 bits per heavy atom. The Morgan fingerprint density at radius 2 is 2.05 bits per heavy atom. The van der Waals surface area contributed by atoms with Crippen molar-refractivity contribution in [1.29, 1.82) is 0 Å². The highest BCUT2D eigenvalue weighted by molar-refractivity contribution is 9.10. The molecule has 2 rings (SSSR count). The van der Waals surface area contributed by atoms with Crippen LogP contribution in [0.3, 0.4) is 0 Å². The summed E-state index contributed by atoms with van der Waals surface area (Å²) in [7, 11) is 1.57. The summed E-state index contributed by atoms with van der Waals surface area (Å²) in [5.41, 5.74) is 6.24. The molecule has 0 radical (unpaired) electrons. The molecule has 0 aromatic heterocycles. The van der Waals surface area contributed by atoms with E-state index in [1.165, 1.54) is 0 Å².